The molecule has 0 aliphatic carbocycles. The minimum atomic E-state index is -0.310. The molecule has 3 aliphatic rings. The van der Waals surface area contributed by atoms with E-state index in [1.54, 1.807) is 12.4 Å². The van der Waals surface area contributed by atoms with Crippen molar-refractivity contribution in [2.45, 2.75) is 44.7 Å². The van der Waals surface area contributed by atoms with Gasteiger partial charge in [-0.25, -0.2) is 4.98 Å². The minimum Gasteiger partial charge on any atom is -0.473 e. The van der Waals surface area contributed by atoms with Crippen LogP contribution in [0, 0.1) is 6.92 Å². The summed E-state index contributed by atoms with van der Waals surface area (Å²) in [7, 11) is 0. The van der Waals surface area contributed by atoms with Gasteiger partial charge in [-0.2, -0.15) is 0 Å². The van der Waals surface area contributed by atoms with Crippen LogP contribution >= 0.6 is 0 Å². The first kappa shape index (κ1) is 17.6. The smallest absolute Gasteiger partial charge is 0.254 e. The van der Waals surface area contributed by atoms with Crippen LogP contribution in [0.1, 0.15) is 40.0 Å². The fourth-order valence-electron chi connectivity index (χ4n) is 4.25. The summed E-state index contributed by atoms with van der Waals surface area (Å²) in [5, 5.41) is 0. The third-order valence-electron chi connectivity index (χ3n) is 5.68. The Balaban J connectivity index is 1.22. The SMILES string of the molecule is Cc1cncc(O[C@@H]2CCOC3(C2)CN(C(=O)c2ccc4c(c2)COC4)C3)n1. The van der Waals surface area contributed by atoms with Gasteiger partial charge in [0, 0.05) is 24.6 Å². The zero-order valence-electron chi connectivity index (χ0n) is 15.9. The van der Waals surface area contributed by atoms with Gasteiger partial charge < -0.3 is 19.1 Å². The zero-order chi connectivity index (χ0) is 19.1. The van der Waals surface area contributed by atoms with Gasteiger partial charge in [-0.15, -0.1) is 0 Å². The van der Waals surface area contributed by atoms with E-state index in [9.17, 15) is 4.79 Å². The largest absolute Gasteiger partial charge is 0.473 e. The fraction of sp³-hybridized carbons (Fsp3) is 0.476. The minimum absolute atomic E-state index is 0.0271. The van der Waals surface area contributed by atoms with Gasteiger partial charge in [0.25, 0.3) is 5.91 Å². The number of rotatable bonds is 3. The van der Waals surface area contributed by atoms with Crippen LogP contribution in [-0.2, 0) is 22.7 Å². The van der Waals surface area contributed by atoms with Crippen LogP contribution in [0.25, 0.3) is 0 Å². The summed E-state index contributed by atoms with van der Waals surface area (Å²) in [5.41, 5.74) is 3.53. The van der Waals surface area contributed by atoms with E-state index in [0.717, 1.165) is 29.7 Å². The van der Waals surface area contributed by atoms with E-state index < -0.39 is 0 Å². The summed E-state index contributed by atoms with van der Waals surface area (Å²) in [6, 6.07) is 5.85. The number of amides is 1. The van der Waals surface area contributed by atoms with Crippen molar-refractivity contribution in [1.29, 1.82) is 0 Å². The Labute approximate surface area is 163 Å². The molecule has 0 radical (unpaired) electrons. The van der Waals surface area contributed by atoms with E-state index >= 15 is 0 Å². The molecule has 2 aromatic rings. The molecule has 28 heavy (non-hydrogen) atoms. The lowest BCUT2D eigenvalue weighted by Crippen LogP contribution is -2.67. The molecule has 7 nitrogen and oxygen atoms in total. The molecule has 1 spiro atoms. The molecule has 0 saturated carbocycles. The number of ether oxygens (including phenoxy) is 3. The molecule has 3 aliphatic heterocycles. The monoisotopic (exact) mass is 381 g/mol. The van der Waals surface area contributed by atoms with Crippen molar-refractivity contribution in [1.82, 2.24) is 14.9 Å². The van der Waals surface area contributed by atoms with Crippen molar-refractivity contribution in [2.24, 2.45) is 0 Å². The molecule has 0 N–H and O–H groups in total. The first-order valence-electron chi connectivity index (χ1n) is 9.68. The van der Waals surface area contributed by atoms with E-state index in [1.165, 1.54) is 5.56 Å². The molecule has 1 aromatic carbocycles. The Morgan fingerprint density at radius 1 is 1.25 bits per heavy atom. The van der Waals surface area contributed by atoms with E-state index in [0.29, 0.717) is 38.8 Å². The number of carbonyl (C=O) groups is 1. The lowest BCUT2D eigenvalue weighted by Gasteiger charge is -2.52. The molecule has 146 valence electrons. The number of carbonyl (C=O) groups excluding carboxylic acids is 1. The second-order valence-electron chi connectivity index (χ2n) is 7.90. The fourth-order valence-corrected chi connectivity index (χ4v) is 4.25. The van der Waals surface area contributed by atoms with Crippen LogP contribution in [0.3, 0.4) is 0 Å². The van der Waals surface area contributed by atoms with Crippen LogP contribution in [0.15, 0.2) is 30.6 Å². The molecule has 1 amide bonds. The lowest BCUT2D eigenvalue weighted by molar-refractivity contribution is -0.174. The Bertz CT molecular complexity index is 910. The summed E-state index contributed by atoms with van der Waals surface area (Å²) in [5.74, 6) is 0.603. The Hall–Kier alpha value is -2.51. The molecule has 1 aromatic heterocycles. The molecule has 0 unspecified atom stereocenters. The van der Waals surface area contributed by atoms with Crippen LogP contribution in [-0.4, -0.2) is 52.2 Å². The van der Waals surface area contributed by atoms with Crippen molar-refractivity contribution < 1.29 is 19.0 Å². The Morgan fingerprint density at radius 2 is 2.11 bits per heavy atom. The van der Waals surface area contributed by atoms with E-state index in [1.807, 2.05) is 30.0 Å². The van der Waals surface area contributed by atoms with Crippen molar-refractivity contribution in [3.63, 3.8) is 0 Å². The van der Waals surface area contributed by atoms with Crippen LogP contribution in [0.2, 0.25) is 0 Å². The molecular weight excluding hydrogens is 358 g/mol. The summed E-state index contributed by atoms with van der Waals surface area (Å²) in [6.07, 6.45) is 4.95. The molecule has 2 fully saturated rings. The molecule has 0 bridgehead atoms. The summed E-state index contributed by atoms with van der Waals surface area (Å²) < 4.78 is 17.5. The Morgan fingerprint density at radius 3 is 2.96 bits per heavy atom. The van der Waals surface area contributed by atoms with Crippen molar-refractivity contribution in [3.05, 3.63) is 53.0 Å². The molecule has 1 atom stereocenters. The van der Waals surface area contributed by atoms with Crippen molar-refractivity contribution in [2.75, 3.05) is 19.7 Å². The van der Waals surface area contributed by atoms with Gasteiger partial charge in [0.2, 0.25) is 5.88 Å². The molecule has 5 rings (SSSR count). The van der Waals surface area contributed by atoms with Crippen LogP contribution in [0.4, 0.5) is 0 Å². The average molecular weight is 381 g/mol. The first-order valence-corrected chi connectivity index (χ1v) is 9.68. The number of nitrogens with zero attached hydrogens (tertiary/aromatic N) is 3. The number of aryl methyl sites for hydroxylation is 1. The highest BCUT2D eigenvalue weighted by Crippen LogP contribution is 2.36. The predicted molar refractivity (Wildman–Crippen MR) is 99.9 cm³/mol. The van der Waals surface area contributed by atoms with E-state index in [2.05, 4.69) is 9.97 Å². The second kappa shape index (κ2) is 6.83. The molecule has 2 saturated heterocycles. The maximum absolute atomic E-state index is 12.8. The summed E-state index contributed by atoms with van der Waals surface area (Å²) in [6.45, 7) is 4.94. The molecule has 7 heteroatoms. The van der Waals surface area contributed by atoms with Crippen LogP contribution in [0.5, 0.6) is 5.88 Å². The highest BCUT2D eigenvalue weighted by atomic mass is 16.5. The lowest BCUT2D eigenvalue weighted by atomic mass is 9.84. The van der Waals surface area contributed by atoms with E-state index in [-0.39, 0.29) is 17.6 Å². The quantitative estimate of drug-likeness (QED) is 0.812. The van der Waals surface area contributed by atoms with Gasteiger partial charge in [0.1, 0.15) is 11.7 Å². The maximum Gasteiger partial charge on any atom is 0.254 e. The van der Waals surface area contributed by atoms with Crippen molar-refractivity contribution in [3.8, 4) is 5.88 Å². The number of likely N-dealkylation sites (tertiary alicyclic amines) is 1. The third kappa shape index (κ3) is 3.25. The second-order valence-corrected chi connectivity index (χ2v) is 7.90. The standard InChI is InChI=1S/C21H23N3O4/c1-14-8-22-9-19(23-14)28-18-4-5-27-21(7-18)12-24(13-21)20(25)15-2-3-16-10-26-11-17(16)6-15/h2-3,6,8-9,18H,4-5,7,10-13H2,1H3/t18-/m1/s1. The Kier molecular flexibility index (Phi) is 4.29. The molecule has 4 heterocycles. The number of benzene rings is 1. The highest BCUT2D eigenvalue weighted by Gasteiger charge is 2.50. The van der Waals surface area contributed by atoms with Gasteiger partial charge >= 0.3 is 0 Å². The summed E-state index contributed by atoms with van der Waals surface area (Å²) >= 11 is 0. The van der Waals surface area contributed by atoms with Gasteiger partial charge in [-0.05, 0) is 30.2 Å². The molecular formula is C21H23N3O4. The van der Waals surface area contributed by atoms with Gasteiger partial charge in [-0.3, -0.25) is 9.78 Å². The highest BCUT2D eigenvalue weighted by molar-refractivity contribution is 5.95. The number of hydrogen-bond acceptors (Lipinski definition) is 6. The first-order chi connectivity index (χ1) is 13.6. The average Bonchev–Trinajstić information content (AvgIpc) is 3.13. The normalized spacial score (nSPS) is 22.6. The van der Waals surface area contributed by atoms with Crippen LogP contribution < -0.4 is 4.74 Å². The van der Waals surface area contributed by atoms with Crippen molar-refractivity contribution >= 4 is 5.91 Å². The topological polar surface area (TPSA) is 73.8 Å². The van der Waals surface area contributed by atoms with Gasteiger partial charge in [0.05, 0.1) is 44.8 Å². The van der Waals surface area contributed by atoms with Gasteiger partial charge in [0.15, 0.2) is 0 Å². The number of aromatic nitrogens is 2. The third-order valence-corrected chi connectivity index (χ3v) is 5.68. The predicted octanol–water partition coefficient (Wildman–Crippen LogP) is 2.27. The zero-order valence-corrected chi connectivity index (χ0v) is 15.9. The maximum atomic E-state index is 12.8. The van der Waals surface area contributed by atoms with Gasteiger partial charge in [-0.1, -0.05) is 6.07 Å². The van der Waals surface area contributed by atoms with E-state index in [4.69, 9.17) is 14.2 Å². The number of hydrogen-bond donors (Lipinski definition) is 0. The number of fused-ring (bicyclic) bond motifs is 1. The summed E-state index contributed by atoms with van der Waals surface area (Å²) in [4.78, 5) is 23.2.